The molecule has 0 radical (unpaired) electrons. The van der Waals surface area contributed by atoms with E-state index in [1.807, 2.05) is 4.57 Å². The van der Waals surface area contributed by atoms with Crippen molar-refractivity contribution < 1.29 is 4.79 Å². The van der Waals surface area contributed by atoms with E-state index in [2.05, 4.69) is 34.3 Å². The number of aromatic nitrogens is 3. The van der Waals surface area contributed by atoms with Gasteiger partial charge in [0.2, 0.25) is 5.91 Å². The van der Waals surface area contributed by atoms with E-state index in [0.717, 1.165) is 50.8 Å². The van der Waals surface area contributed by atoms with Crippen LogP contribution in [0, 0.1) is 5.92 Å². The number of nitrogens with two attached hydrogens (primary N) is 1. The van der Waals surface area contributed by atoms with Crippen LogP contribution < -0.4 is 11.1 Å². The highest BCUT2D eigenvalue weighted by Crippen LogP contribution is 2.19. The molecule has 1 amide bonds. The summed E-state index contributed by atoms with van der Waals surface area (Å²) in [7, 11) is 0. The number of amides is 1. The average Bonchev–Trinajstić information content (AvgIpc) is 2.98. The summed E-state index contributed by atoms with van der Waals surface area (Å²) >= 11 is 0. The fourth-order valence-electron chi connectivity index (χ4n) is 2.95. The van der Waals surface area contributed by atoms with Crippen molar-refractivity contribution in [2.75, 3.05) is 19.6 Å². The maximum atomic E-state index is 11.2. The number of primary amides is 1. The molecule has 1 saturated heterocycles. The number of aryl methyl sites for hydroxylation is 1. The fraction of sp³-hybridized carbons (Fsp3) is 0.733. The smallest absolute Gasteiger partial charge is 0.217 e. The van der Waals surface area contributed by atoms with Crippen molar-refractivity contribution in [3.05, 3.63) is 12.2 Å². The lowest BCUT2D eigenvalue weighted by atomic mass is 9.95. The van der Waals surface area contributed by atoms with Gasteiger partial charge >= 0.3 is 0 Å². The van der Waals surface area contributed by atoms with Gasteiger partial charge < -0.3 is 20.5 Å². The van der Waals surface area contributed by atoms with Crippen molar-refractivity contribution in [1.29, 1.82) is 0 Å². The third-order valence-electron chi connectivity index (χ3n) is 4.05. The molecule has 8 nitrogen and oxygen atoms in total. The lowest BCUT2D eigenvalue weighted by Crippen LogP contribution is -2.47. The lowest BCUT2D eigenvalue weighted by molar-refractivity contribution is -0.119. The Bertz CT molecular complexity index is 540. The summed E-state index contributed by atoms with van der Waals surface area (Å²) in [6.45, 7) is 7.99. The van der Waals surface area contributed by atoms with Crippen LogP contribution >= 0.6 is 0 Å². The van der Waals surface area contributed by atoms with Gasteiger partial charge in [0.05, 0.1) is 0 Å². The third kappa shape index (κ3) is 4.94. The van der Waals surface area contributed by atoms with Crippen molar-refractivity contribution in [3.63, 3.8) is 0 Å². The van der Waals surface area contributed by atoms with Gasteiger partial charge in [-0.1, -0.05) is 0 Å². The second kappa shape index (κ2) is 8.50. The molecule has 0 aliphatic carbocycles. The second-order valence-corrected chi connectivity index (χ2v) is 5.83. The predicted octanol–water partition coefficient (Wildman–Crippen LogP) is 0.351. The minimum absolute atomic E-state index is 0.227. The first-order valence-electron chi connectivity index (χ1n) is 8.32. The van der Waals surface area contributed by atoms with E-state index >= 15 is 0 Å². The first kappa shape index (κ1) is 17.2. The van der Waals surface area contributed by atoms with Gasteiger partial charge in [-0.15, -0.1) is 10.2 Å². The summed E-state index contributed by atoms with van der Waals surface area (Å²) in [5.41, 5.74) is 5.34. The molecule has 23 heavy (non-hydrogen) atoms. The standard InChI is InChI=1S/C15H27N7O/c1-3-17-15(18-9-14-20-19-11-21(14)4-2)22-7-5-6-12(10-22)8-13(16)23/h11-12H,3-10H2,1-2H3,(H2,16,23)(H,17,18). The zero-order valence-electron chi connectivity index (χ0n) is 14.0. The molecule has 1 aromatic rings. The van der Waals surface area contributed by atoms with Crippen LogP contribution in [0.1, 0.15) is 38.9 Å². The SMILES string of the molecule is CCNC(=NCc1nncn1CC)N1CCCC(CC(N)=O)C1. The first-order valence-corrected chi connectivity index (χ1v) is 8.32. The number of guanidine groups is 1. The van der Waals surface area contributed by atoms with Gasteiger partial charge in [0.25, 0.3) is 0 Å². The number of aliphatic imine (C=N–C) groups is 1. The Hall–Kier alpha value is -2.12. The molecule has 1 aromatic heterocycles. The summed E-state index contributed by atoms with van der Waals surface area (Å²) in [5, 5.41) is 11.4. The number of nitrogens with one attached hydrogen (secondary N) is 1. The number of hydrogen-bond donors (Lipinski definition) is 2. The van der Waals surface area contributed by atoms with Gasteiger partial charge in [0, 0.05) is 32.6 Å². The highest BCUT2D eigenvalue weighted by atomic mass is 16.1. The van der Waals surface area contributed by atoms with E-state index in [4.69, 9.17) is 10.7 Å². The Morgan fingerprint density at radius 3 is 3.04 bits per heavy atom. The van der Waals surface area contributed by atoms with E-state index in [1.165, 1.54) is 0 Å². The zero-order valence-corrected chi connectivity index (χ0v) is 14.0. The van der Waals surface area contributed by atoms with Crippen LogP contribution in [-0.4, -0.2) is 51.2 Å². The van der Waals surface area contributed by atoms with Crippen LogP contribution in [0.3, 0.4) is 0 Å². The fourth-order valence-corrected chi connectivity index (χ4v) is 2.95. The van der Waals surface area contributed by atoms with E-state index in [0.29, 0.717) is 18.9 Å². The Kier molecular flexibility index (Phi) is 6.37. The highest BCUT2D eigenvalue weighted by Gasteiger charge is 2.23. The molecule has 1 unspecified atom stereocenters. The number of carbonyl (C=O) groups excluding carboxylic acids is 1. The molecule has 1 fully saturated rings. The topological polar surface area (TPSA) is 101 Å². The van der Waals surface area contributed by atoms with E-state index < -0.39 is 0 Å². The molecule has 0 bridgehead atoms. The average molecular weight is 321 g/mol. The monoisotopic (exact) mass is 321 g/mol. The van der Waals surface area contributed by atoms with E-state index in [-0.39, 0.29) is 5.91 Å². The molecule has 128 valence electrons. The predicted molar refractivity (Wildman–Crippen MR) is 88.6 cm³/mol. The summed E-state index contributed by atoms with van der Waals surface area (Å²) in [5.74, 6) is 1.81. The minimum Gasteiger partial charge on any atom is -0.370 e. The Labute approximate surface area is 137 Å². The second-order valence-electron chi connectivity index (χ2n) is 5.83. The maximum Gasteiger partial charge on any atom is 0.217 e. The molecule has 1 aliphatic rings. The molecule has 1 atom stereocenters. The van der Waals surface area contributed by atoms with Gasteiger partial charge in [0.15, 0.2) is 11.8 Å². The third-order valence-corrected chi connectivity index (χ3v) is 4.05. The van der Waals surface area contributed by atoms with Crippen LogP contribution in [-0.2, 0) is 17.9 Å². The number of nitrogens with zero attached hydrogens (tertiary/aromatic N) is 5. The van der Waals surface area contributed by atoms with Gasteiger partial charge in [-0.05, 0) is 32.6 Å². The zero-order chi connectivity index (χ0) is 16.7. The molecule has 0 spiro atoms. The molecule has 8 heteroatoms. The number of carbonyl (C=O) groups is 1. The first-order chi connectivity index (χ1) is 11.1. The lowest BCUT2D eigenvalue weighted by Gasteiger charge is -2.34. The van der Waals surface area contributed by atoms with Crippen LogP contribution in [0.25, 0.3) is 0 Å². The van der Waals surface area contributed by atoms with Crippen LogP contribution in [0.15, 0.2) is 11.3 Å². The molecule has 0 saturated carbocycles. The molecule has 3 N–H and O–H groups in total. The maximum absolute atomic E-state index is 11.2. The molecule has 2 rings (SSSR count). The van der Waals surface area contributed by atoms with E-state index in [1.54, 1.807) is 6.33 Å². The highest BCUT2D eigenvalue weighted by molar-refractivity contribution is 5.80. The minimum atomic E-state index is -0.227. The summed E-state index contributed by atoms with van der Waals surface area (Å²) < 4.78 is 1.99. The van der Waals surface area contributed by atoms with Gasteiger partial charge in [0.1, 0.15) is 12.9 Å². The van der Waals surface area contributed by atoms with Crippen molar-refractivity contribution in [2.24, 2.45) is 16.6 Å². The summed E-state index contributed by atoms with van der Waals surface area (Å²) in [6.07, 6.45) is 4.26. The number of piperidine rings is 1. The van der Waals surface area contributed by atoms with Crippen molar-refractivity contribution in [1.82, 2.24) is 25.0 Å². The van der Waals surface area contributed by atoms with Gasteiger partial charge in [-0.2, -0.15) is 0 Å². The van der Waals surface area contributed by atoms with Crippen molar-refractivity contribution in [3.8, 4) is 0 Å². The number of likely N-dealkylation sites (tertiary alicyclic amines) is 1. The van der Waals surface area contributed by atoms with E-state index in [9.17, 15) is 4.79 Å². The molecule has 1 aliphatic heterocycles. The van der Waals surface area contributed by atoms with Gasteiger partial charge in [-0.3, -0.25) is 4.79 Å². The molecule has 0 aromatic carbocycles. The molecule has 2 heterocycles. The van der Waals surface area contributed by atoms with Crippen molar-refractivity contribution in [2.45, 2.75) is 46.2 Å². The number of rotatable bonds is 6. The van der Waals surface area contributed by atoms with Crippen LogP contribution in [0.2, 0.25) is 0 Å². The van der Waals surface area contributed by atoms with Crippen molar-refractivity contribution >= 4 is 11.9 Å². The van der Waals surface area contributed by atoms with Gasteiger partial charge in [-0.25, -0.2) is 4.99 Å². The number of hydrogen-bond acceptors (Lipinski definition) is 4. The Morgan fingerprint density at radius 1 is 1.52 bits per heavy atom. The largest absolute Gasteiger partial charge is 0.370 e. The van der Waals surface area contributed by atoms with Crippen LogP contribution in [0.4, 0.5) is 0 Å². The Morgan fingerprint density at radius 2 is 2.35 bits per heavy atom. The molecular formula is C15H27N7O. The van der Waals surface area contributed by atoms with Crippen LogP contribution in [0.5, 0.6) is 0 Å². The quantitative estimate of drug-likeness (QED) is 0.581. The summed E-state index contributed by atoms with van der Waals surface area (Å²) in [6, 6.07) is 0. The Balaban J connectivity index is 2.04. The normalized spacial score (nSPS) is 19.0. The molecular weight excluding hydrogens is 294 g/mol. The summed E-state index contributed by atoms with van der Waals surface area (Å²) in [4.78, 5) is 18.1.